The average Bonchev–Trinajstić information content (AvgIpc) is 2.30. The minimum absolute atomic E-state index is 0.0287. The second kappa shape index (κ2) is 5.93. The number of nitrogens with one attached hydrogen (secondary N) is 1. The van der Waals surface area contributed by atoms with Gasteiger partial charge in [0.05, 0.1) is 4.90 Å². The molecule has 1 saturated carbocycles. The molecule has 0 atom stereocenters. The maximum Gasteiger partial charge on any atom is 0.251 e. The Balaban J connectivity index is 1.98. The Bertz CT molecular complexity index is 607. The summed E-state index contributed by atoms with van der Waals surface area (Å²) in [4.78, 5) is 12.1. The van der Waals surface area contributed by atoms with Gasteiger partial charge in [-0.05, 0) is 43.0 Å². The molecule has 0 aliphatic heterocycles. The van der Waals surface area contributed by atoms with E-state index in [9.17, 15) is 13.2 Å². The quantitative estimate of drug-likeness (QED) is 0.864. The summed E-state index contributed by atoms with van der Waals surface area (Å²) in [5.41, 5.74) is 1.10. The molecule has 3 N–H and O–H groups in total. The highest BCUT2D eigenvalue weighted by Crippen LogP contribution is 2.28. The number of amides is 1. The summed E-state index contributed by atoms with van der Waals surface area (Å²) in [5, 5.41) is 7.94. The molecule has 1 aromatic rings. The third-order valence-corrected chi connectivity index (χ3v) is 4.74. The third kappa shape index (κ3) is 3.58. The van der Waals surface area contributed by atoms with Crippen LogP contribution in [-0.4, -0.2) is 20.9 Å². The first-order chi connectivity index (χ1) is 9.38. The molecular weight excluding hydrogens is 276 g/mol. The van der Waals surface area contributed by atoms with Crippen LogP contribution < -0.4 is 10.5 Å². The molecule has 1 aliphatic rings. The van der Waals surface area contributed by atoms with Crippen molar-refractivity contribution in [2.24, 2.45) is 11.1 Å². The van der Waals surface area contributed by atoms with Crippen molar-refractivity contribution in [3.8, 4) is 0 Å². The van der Waals surface area contributed by atoms with E-state index in [-0.39, 0.29) is 10.8 Å². The molecule has 0 radical (unpaired) electrons. The van der Waals surface area contributed by atoms with Crippen molar-refractivity contribution in [1.82, 2.24) is 5.32 Å². The Hall–Kier alpha value is -1.40. The number of aryl methyl sites for hydroxylation is 1. The Labute approximate surface area is 119 Å². The summed E-state index contributed by atoms with van der Waals surface area (Å²) in [5.74, 6) is 0.587. The van der Waals surface area contributed by atoms with Crippen LogP contribution in [0.15, 0.2) is 23.1 Å². The molecule has 6 heteroatoms. The molecule has 1 fully saturated rings. The smallest absolute Gasteiger partial charge is 0.251 e. The lowest BCUT2D eigenvalue weighted by Crippen LogP contribution is -2.28. The van der Waals surface area contributed by atoms with Crippen LogP contribution in [0.1, 0.15) is 41.6 Å². The Morgan fingerprint density at radius 1 is 1.40 bits per heavy atom. The van der Waals surface area contributed by atoms with E-state index in [1.165, 1.54) is 37.5 Å². The fourth-order valence-electron chi connectivity index (χ4n) is 2.33. The summed E-state index contributed by atoms with van der Waals surface area (Å²) >= 11 is 0. The van der Waals surface area contributed by atoms with Crippen LogP contribution in [-0.2, 0) is 10.0 Å². The van der Waals surface area contributed by atoms with E-state index < -0.39 is 10.0 Å². The number of rotatable bonds is 5. The van der Waals surface area contributed by atoms with Crippen molar-refractivity contribution in [2.75, 3.05) is 6.54 Å². The summed E-state index contributed by atoms with van der Waals surface area (Å²) in [6, 6.07) is 4.30. The molecule has 0 saturated heterocycles. The highest BCUT2D eigenvalue weighted by atomic mass is 32.2. The minimum Gasteiger partial charge on any atom is -0.352 e. The fraction of sp³-hybridized carbons (Fsp3) is 0.500. The van der Waals surface area contributed by atoms with Crippen LogP contribution in [0.4, 0.5) is 0 Å². The van der Waals surface area contributed by atoms with Crippen LogP contribution in [0, 0.1) is 12.8 Å². The number of primary sulfonamides is 1. The molecule has 1 aromatic carbocycles. The number of hydrogen-bond acceptors (Lipinski definition) is 3. The molecule has 2 rings (SSSR count). The van der Waals surface area contributed by atoms with E-state index in [4.69, 9.17) is 5.14 Å². The topological polar surface area (TPSA) is 89.3 Å². The number of hydrogen-bond donors (Lipinski definition) is 2. The van der Waals surface area contributed by atoms with Gasteiger partial charge in [0.2, 0.25) is 10.0 Å². The molecule has 0 unspecified atom stereocenters. The second-order valence-electron chi connectivity index (χ2n) is 5.36. The highest BCUT2D eigenvalue weighted by molar-refractivity contribution is 7.89. The van der Waals surface area contributed by atoms with Crippen LogP contribution in [0.3, 0.4) is 0 Å². The first-order valence-electron chi connectivity index (χ1n) is 6.79. The van der Waals surface area contributed by atoms with Gasteiger partial charge < -0.3 is 5.32 Å². The summed E-state index contributed by atoms with van der Waals surface area (Å²) in [6.45, 7) is 2.37. The monoisotopic (exact) mass is 296 g/mol. The van der Waals surface area contributed by atoms with Gasteiger partial charge in [-0.25, -0.2) is 13.6 Å². The Morgan fingerprint density at radius 2 is 2.10 bits per heavy atom. The van der Waals surface area contributed by atoms with Crippen molar-refractivity contribution in [1.29, 1.82) is 0 Å². The van der Waals surface area contributed by atoms with Crippen molar-refractivity contribution < 1.29 is 13.2 Å². The van der Waals surface area contributed by atoms with Crippen molar-refractivity contribution in [3.63, 3.8) is 0 Å². The molecule has 20 heavy (non-hydrogen) atoms. The lowest BCUT2D eigenvalue weighted by Gasteiger charge is -2.25. The van der Waals surface area contributed by atoms with Gasteiger partial charge in [0, 0.05) is 12.1 Å². The lowest BCUT2D eigenvalue weighted by atomic mass is 9.83. The molecule has 0 spiro atoms. The van der Waals surface area contributed by atoms with Crippen molar-refractivity contribution in [3.05, 3.63) is 29.3 Å². The van der Waals surface area contributed by atoms with Crippen LogP contribution in [0.25, 0.3) is 0 Å². The summed E-state index contributed by atoms with van der Waals surface area (Å²) < 4.78 is 22.5. The van der Waals surface area contributed by atoms with Gasteiger partial charge in [-0.15, -0.1) is 0 Å². The zero-order valence-electron chi connectivity index (χ0n) is 11.6. The predicted octanol–water partition coefficient (Wildman–Crippen LogP) is 1.56. The zero-order chi connectivity index (χ0) is 14.8. The third-order valence-electron chi connectivity index (χ3n) is 3.83. The summed E-state index contributed by atoms with van der Waals surface area (Å²) in [6.07, 6.45) is 4.84. The number of carbonyl (C=O) groups excluding carboxylic acids is 1. The van der Waals surface area contributed by atoms with Gasteiger partial charge in [0.1, 0.15) is 0 Å². The zero-order valence-corrected chi connectivity index (χ0v) is 12.4. The number of carbonyl (C=O) groups is 1. The molecule has 110 valence electrons. The van der Waals surface area contributed by atoms with Crippen LogP contribution >= 0.6 is 0 Å². The molecule has 1 amide bonds. The second-order valence-corrected chi connectivity index (χ2v) is 6.92. The van der Waals surface area contributed by atoms with Gasteiger partial charge in [0.15, 0.2) is 0 Å². The number of sulfonamides is 1. The van der Waals surface area contributed by atoms with Crippen LogP contribution in [0.2, 0.25) is 0 Å². The van der Waals surface area contributed by atoms with E-state index in [0.29, 0.717) is 17.7 Å². The largest absolute Gasteiger partial charge is 0.352 e. The van der Waals surface area contributed by atoms with E-state index >= 15 is 0 Å². The van der Waals surface area contributed by atoms with E-state index in [0.717, 1.165) is 12.3 Å². The van der Waals surface area contributed by atoms with Gasteiger partial charge in [-0.2, -0.15) is 0 Å². The molecule has 5 nitrogen and oxygen atoms in total. The minimum atomic E-state index is -3.72. The first-order valence-corrected chi connectivity index (χ1v) is 8.34. The van der Waals surface area contributed by atoms with Crippen molar-refractivity contribution in [2.45, 2.75) is 37.5 Å². The van der Waals surface area contributed by atoms with E-state index in [1.54, 1.807) is 6.92 Å². The Morgan fingerprint density at radius 3 is 2.60 bits per heavy atom. The predicted molar refractivity (Wildman–Crippen MR) is 76.8 cm³/mol. The van der Waals surface area contributed by atoms with Gasteiger partial charge >= 0.3 is 0 Å². The molecular formula is C14H20N2O3S. The lowest BCUT2D eigenvalue weighted by molar-refractivity contribution is 0.0948. The Kier molecular flexibility index (Phi) is 4.45. The van der Waals surface area contributed by atoms with E-state index in [1.807, 2.05) is 0 Å². The van der Waals surface area contributed by atoms with Gasteiger partial charge in [0.25, 0.3) is 5.91 Å². The maximum absolute atomic E-state index is 12.0. The summed E-state index contributed by atoms with van der Waals surface area (Å²) in [7, 11) is -3.72. The average molecular weight is 296 g/mol. The number of benzene rings is 1. The highest BCUT2D eigenvalue weighted by Gasteiger charge is 2.18. The molecule has 0 heterocycles. The van der Waals surface area contributed by atoms with Gasteiger partial charge in [-0.3, -0.25) is 4.79 Å². The standard InChI is InChI=1S/C14H20N2O3S/c1-10-9-12(20(15,18)19)5-6-13(10)14(17)16-8-7-11-3-2-4-11/h5-6,9,11H,2-4,7-8H2,1H3,(H,16,17)(H2,15,18,19). The van der Waals surface area contributed by atoms with E-state index in [2.05, 4.69) is 5.32 Å². The van der Waals surface area contributed by atoms with Crippen LogP contribution in [0.5, 0.6) is 0 Å². The SMILES string of the molecule is Cc1cc(S(N)(=O)=O)ccc1C(=O)NCCC1CCC1. The molecule has 1 aliphatic carbocycles. The first kappa shape index (κ1) is 15.0. The maximum atomic E-state index is 12.0. The molecule has 0 bridgehead atoms. The fourth-order valence-corrected chi connectivity index (χ4v) is 2.93. The van der Waals surface area contributed by atoms with Gasteiger partial charge in [-0.1, -0.05) is 19.3 Å². The number of nitrogens with two attached hydrogens (primary N) is 1. The normalized spacial score (nSPS) is 15.7. The molecule has 0 aromatic heterocycles. The van der Waals surface area contributed by atoms with Crippen molar-refractivity contribution >= 4 is 15.9 Å².